The van der Waals surface area contributed by atoms with E-state index < -0.39 is 0 Å². The molecular weight excluding hydrogens is 224 g/mol. The van der Waals surface area contributed by atoms with Gasteiger partial charge >= 0.3 is 0 Å². The molecule has 0 radical (unpaired) electrons. The number of hydrogen-bond acceptors (Lipinski definition) is 2. The van der Waals surface area contributed by atoms with Crippen LogP contribution in [0.15, 0.2) is 24.3 Å². The van der Waals surface area contributed by atoms with Crippen LogP contribution in [0.3, 0.4) is 0 Å². The molecule has 3 nitrogen and oxygen atoms in total. The minimum Gasteiger partial charge on any atom is -0.348 e. The first-order valence-corrected chi connectivity index (χ1v) is 6.86. The topological polar surface area (TPSA) is 55.1 Å². The first-order chi connectivity index (χ1) is 8.72. The van der Waals surface area contributed by atoms with Crippen LogP contribution in [0.25, 0.3) is 0 Å². The predicted molar refractivity (Wildman–Crippen MR) is 73.1 cm³/mol. The van der Waals surface area contributed by atoms with E-state index in [1.54, 1.807) is 0 Å². The predicted octanol–water partition coefficient (Wildman–Crippen LogP) is 2.31. The molecule has 2 rings (SSSR count). The van der Waals surface area contributed by atoms with Crippen LogP contribution in [0.4, 0.5) is 0 Å². The highest BCUT2D eigenvalue weighted by atomic mass is 16.2. The van der Waals surface area contributed by atoms with Gasteiger partial charge in [0.1, 0.15) is 0 Å². The minimum absolute atomic E-state index is 0.00912. The second-order valence-corrected chi connectivity index (χ2v) is 5.05. The van der Waals surface area contributed by atoms with Crippen LogP contribution in [-0.2, 0) is 11.2 Å². The molecule has 18 heavy (non-hydrogen) atoms. The molecule has 98 valence electrons. The second kappa shape index (κ2) is 6.01. The van der Waals surface area contributed by atoms with Gasteiger partial charge in [0, 0.05) is 0 Å². The van der Waals surface area contributed by atoms with Gasteiger partial charge in [-0.15, -0.1) is 0 Å². The Morgan fingerprint density at radius 1 is 1.50 bits per heavy atom. The molecule has 0 aromatic heterocycles. The van der Waals surface area contributed by atoms with E-state index in [1.165, 1.54) is 11.1 Å². The zero-order chi connectivity index (χ0) is 13.0. The first kappa shape index (κ1) is 13.1. The number of aryl methyl sites for hydroxylation is 1. The van der Waals surface area contributed by atoms with Gasteiger partial charge in [0.15, 0.2) is 0 Å². The molecule has 1 aliphatic carbocycles. The molecule has 1 aliphatic rings. The van der Waals surface area contributed by atoms with E-state index in [-0.39, 0.29) is 18.0 Å². The van der Waals surface area contributed by atoms with Crippen molar-refractivity contribution in [1.82, 2.24) is 5.32 Å². The third kappa shape index (κ3) is 2.91. The van der Waals surface area contributed by atoms with E-state index in [1.807, 2.05) is 6.07 Å². The molecule has 0 fully saturated rings. The minimum atomic E-state index is -0.363. The SMILES string of the molecule is CCCCC(N)C(=O)NC1CCc2ccccc21. The fourth-order valence-corrected chi connectivity index (χ4v) is 2.54. The van der Waals surface area contributed by atoms with Crippen LogP contribution in [0, 0.1) is 0 Å². The van der Waals surface area contributed by atoms with Gasteiger partial charge < -0.3 is 11.1 Å². The van der Waals surface area contributed by atoms with E-state index >= 15 is 0 Å². The number of rotatable bonds is 5. The summed E-state index contributed by atoms with van der Waals surface area (Å²) in [6.45, 7) is 2.11. The van der Waals surface area contributed by atoms with Gasteiger partial charge in [-0.05, 0) is 30.4 Å². The molecular formula is C15H22N2O. The molecule has 1 aromatic carbocycles. The number of nitrogens with one attached hydrogen (secondary N) is 1. The normalized spacial score (nSPS) is 19.3. The largest absolute Gasteiger partial charge is 0.348 e. The maximum Gasteiger partial charge on any atom is 0.237 e. The van der Waals surface area contributed by atoms with E-state index in [0.29, 0.717) is 0 Å². The summed E-state index contributed by atoms with van der Waals surface area (Å²) in [5.41, 5.74) is 8.50. The Kier molecular flexibility index (Phi) is 4.37. The molecule has 1 amide bonds. The Morgan fingerprint density at radius 3 is 3.06 bits per heavy atom. The van der Waals surface area contributed by atoms with Gasteiger partial charge in [-0.2, -0.15) is 0 Å². The smallest absolute Gasteiger partial charge is 0.237 e. The molecule has 0 aliphatic heterocycles. The fraction of sp³-hybridized carbons (Fsp3) is 0.533. The number of amides is 1. The molecule has 0 heterocycles. The Bertz CT molecular complexity index is 417. The van der Waals surface area contributed by atoms with Crippen LogP contribution in [-0.4, -0.2) is 11.9 Å². The zero-order valence-electron chi connectivity index (χ0n) is 11.0. The summed E-state index contributed by atoms with van der Waals surface area (Å²) < 4.78 is 0. The van der Waals surface area contributed by atoms with Crippen molar-refractivity contribution in [3.63, 3.8) is 0 Å². The summed E-state index contributed by atoms with van der Waals surface area (Å²) in [6.07, 6.45) is 4.90. The molecule has 0 spiro atoms. The number of nitrogens with two attached hydrogens (primary N) is 1. The Labute approximate surface area is 109 Å². The van der Waals surface area contributed by atoms with Gasteiger partial charge in [0.2, 0.25) is 5.91 Å². The van der Waals surface area contributed by atoms with Gasteiger partial charge in [-0.25, -0.2) is 0 Å². The lowest BCUT2D eigenvalue weighted by Gasteiger charge is -2.17. The monoisotopic (exact) mass is 246 g/mol. The Hall–Kier alpha value is -1.35. The van der Waals surface area contributed by atoms with Gasteiger partial charge in [-0.1, -0.05) is 44.0 Å². The number of benzene rings is 1. The first-order valence-electron chi connectivity index (χ1n) is 6.86. The zero-order valence-corrected chi connectivity index (χ0v) is 11.0. The van der Waals surface area contributed by atoms with Crippen molar-refractivity contribution in [2.24, 2.45) is 5.73 Å². The highest BCUT2D eigenvalue weighted by Gasteiger charge is 2.25. The van der Waals surface area contributed by atoms with Crippen LogP contribution >= 0.6 is 0 Å². The van der Waals surface area contributed by atoms with Crippen molar-refractivity contribution in [1.29, 1.82) is 0 Å². The standard InChI is InChI=1S/C15H22N2O/c1-2-3-8-13(16)15(18)17-14-10-9-11-6-4-5-7-12(11)14/h4-7,13-14H,2-3,8-10,16H2,1H3,(H,17,18). The van der Waals surface area contributed by atoms with Crippen molar-refractivity contribution in [2.75, 3.05) is 0 Å². The van der Waals surface area contributed by atoms with E-state index in [2.05, 4.69) is 30.4 Å². The molecule has 3 heteroatoms. The summed E-state index contributed by atoms with van der Waals surface area (Å²) in [7, 11) is 0. The highest BCUT2D eigenvalue weighted by Crippen LogP contribution is 2.30. The lowest BCUT2D eigenvalue weighted by molar-refractivity contribution is -0.123. The van der Waals surface area contributed by atoms with Crippen molar-refractivity contribution < 1.29 is 4.79 Å². The Morgan fingerprint density at radius 2 is 2.28 bits per heavy atom. The number of hydrogen-bond donors (Lipinski definition) is 2. The van der Waals surface area contributed by atoms with Crippen molar-refractivity contribution in [2.45, 2.75) is 51.1 Å². The van der Waals surface area contributed by atoms with Crippen LogP contribution in [0.5, 0.6) is 0 Å². The van der Waals surface area contributed by atoms with Gasteiger partial charge in [0.25, 0.3) is 0 Å². The molecule has 1 aromatic rings. The average Bonchev–Trinajstić information content (AvgIpc) is 2.79. The molecule has 0 saturated carbocycles. The average molecular weight is 246 g/mol. The molecule has 0 bridgehead atoms. The lowest BCUT2D eigenvalue weighted by Crippen LogP contribution is -2.41. The van der Waals surface area contributed by atoms with Gasteiger partial charge in [-0.3, -0.25) is 4.79 Å². The van der Waals surface area contributed by atoms with E-state index in [9.17, 15) is 4.79 Å². The van der Waals surface area contributed by atoms with E-state index in [4.69, 9.17) is 5.73 Å². The number of carbonyl (C=O) groups excluding carboxylic acids is 1. The van der Waals surface area contributed by atoms with Crippen LogP contribution in [0.1, 0.15) is 49.8 Å². The van der Waals surface area contributed by atoms with Crippen molar-refractivity contribution >= 4 is 5.91 Å². The van der Waals surface area contributed by atoms with Crippen LogP contribution < -0.4 is 11.1 Å². The number of carbonyl (C=O) groups is 1. The van der Waals surface area contributed by atoms with Crippen molar-refractivity contribution in [3.05, 3.63) is 35.4 Å². The molecule has 3 N–H and O–H groups in total. The number of fused-ring (bicyclic) bond motifs is 1. The maximum atomic E-state index is 12.0. The fourth-order valence-electron chi connectivity index (χ4n) is 2.54. The van der Waals surface area contributed by atoms with Crippen molar-refractivity contribution in [3.8, 4) is 0 Å². The number of unbranched alkanes of at least 4 members (excludes halogenated alkanes) is 1. The summed E-state index contributed by atoms with van der Waals surface area (Å²) in [4.78, 5) is 12.0. The van der Waals surface area contributed by atoms with Gasteiger partial charge in [0.05, 0.1) is 12.1 Å². The maximum absolute atomic E-state index is 12.0. The summed E-state index contributed by atoms with van der Waals surface area (Å²) in [5.74, 6) is -0.00912. The summed E-state index contributed by atoms with van der Waals surface area (Å²) in [5, 5.41) is 3.08. The quantitative estimate of drug-likeness (QED) is 0.837. The third-order valence-electron chi connectivity index (χ3n) is 3.65. The van der Waals surface area contributed by atoms with Crippen LogP contribution in [0.2, 0.25) is 0 Å². The Balaban J connectivity index is 1.93. The molecule has 0 saturated heterocycles. The molecule has 2 atom stereocenters. The third-order valence-corrected chi connectivity index (χ3v) is 3.65. The summed E-state index contributed by atoms with van der Waals surface area (Å²) in [6, 6.07) is 8.11. The molecule has 2 unspecified atom stereocenters. The highest BCUT2D eigenvalue weighted by molar-refractivity contribution is 5.82. The second-order valence-electron chi connectivity index (χ2n) is 5.05. The lowest BCUT2D eigenvalue weighted by atomic mass is 10.1. The summed E-state index contributed by atoms with van der Waals surface area (Å²) >= 11 is 0. The van der Waals surface area contributed by atoms with E-state index in [0.717, 1.165) is 32.1 Å².